The van der Waals surface area contributed by atoms with Gasteiger partial charge in [-0.2, -0.15) is 0 Å². The monoisotopic (exact) mass is 296 g/mol. The summed E-state index contributed by atoms with van der Waals surface area (Å²) in [4.78, 5) is 25.3. The van der Waals surface area contributed by atoms with Crippen LogP contribution in [0.3, 0.4) is 0 Å². The summed E-state index contributed by atoms with van der Waals surface area (Å²) in [6.07, 6.45) is 0. The van der Waals surface area contributed by atoms with Crippen molar-refractivity contribution in [3.05, 3.63) is 24.3 Å². The van der Waals surface area contributed by atoms with Gasteiger partial charge < -0.3 is 19.7 Å². The SMILES string of the molecule is COC(=O)C1SCCN1C(=O)Nc1ccccc1OC. The van der Waals surface area contributed by atoms with E-state index in [-0.39, 0.29) is 6.03 Å². The minimum atomic E-state index is -0.588. The van der Waals surface area contributed by atoms with Crippen LogP contribution in [0.2, 0.25) is 0 Å². The molecule has 0 saturated carbocycles. The van der Waals surface area contributed by atoms with Crippen LogP contribution in [0.1, 0.15) is 0 Å². The lowest BCUT2D eigenvalue weighted by atomic mass is 10.3. The van der Waals surface area contributed by atoms with Crippen LogP contribution in [-0.2, 0) is 9.53 Å². The Labute approximate surface area is 121 Å². The molecule has 1 unspecified atom stereocenters. The van der Waals surface area contributed by atoms with Gasteiger partial charge in [-0.25, -0.2) is 9.59 Å². The number of anilines is 1. The molecule has 1 aromatic carbocycles. The standard InChI is InChI=1S/C13H16N2O4S/c1-18-10-6-4-3-5-9(10)14-13(17)15-7-8-20-11(15)12(16)19-2/h3-6,11H,7-8H2,1-2H3,(H,14,17). The van der Waals surface area contributed by atoms with E-state index in [0.717, 1.165) is 0 Å². The molecule has 6 nitrogen and oxygen atoms in total. The smallest absolute Gasteiger partial charge is 0.339 e. The molecule has 0 aromatic heterocycles. The summed E-state index contributed by atoms with van der Waals surface area (Å²) in [6.45, 7) is 0.505. The molecule has 1 aromatic rings. The van der Waals surface area contributed by atoms with Crippen LogP contribution in [0.4, 0.5) is 10.5 Å². The van der Waals surface area contributed by atoms with Crippen molar-refractivity contribution in [3.63, 3.8) is 0 Å². The first kappa shape index (κ1) is 14.5. The van der Waals surface area contributed by atoms with Gasteiger partial charge in [0.2, 0.25) is 0 Å². The Kier molecular flexibility index (Phi) is 4.73. The molecule has 1 aliphatic heterocycles. The highest BCUT2D eigenvalue weighted by Crippen LogP contribution is 2.28. The molecule has 1 saturated heterocycles. The zero-order chi connectivity index (χ0) is 14.5. The topological polar surface area (TPSA) is 67.9 Å². The Balaban J connectivity index is 2.09. The molecule has 20 heavy (non-hydrogen) atoms. The molecular weight excluding hydrogens is 280 g/mol. The van der Waals surface area contributed by atoms with Gasteiger partial charge in [0.1, 0.15) is 5.75 Å². The zero-order valence-electron chi connectivity index (χ0n) is 11.3. The summed E-state index contributed by atoms with van der Waals surface area (Å²) >= 11 is 1.39. The van der Waals surface area contributed by atoms with Gasteiger partial charge in [-0.1, -0.05) is 12.1 Å². The maximum Gasteiger partial charge on any atom is 0.339 e. The fourth-order valence-electron chi connectivity index (χ4n) is 1.91. The predicted octanol–water partition coefficient (Wildman–Crippen LogP) is 1.78. The number of amides is 2. The van der Waals surface area contributed by atoms with Crippen molar-refractivity contribution in [2.75, 3.05) is 31.8 Å². The molecule has 1 N–H and O–H groups in total. The van der Waals surface area contributed by atoms with E-state index in [1.54, 1.807) is 18.2 Å². The van der Waals surface area contributed by atoms with Crippen molar-refractivity contribution >= 4 is 29.4 Å². The number of hydrogen-bond donors (Lipinski definition) is 1. The summed E-state index contributed by atoms with van der Waals surface area (Å²) in [6, 6.07) is 6.78. The first-order valence-electron chi connectivity index (χ1n) is 6.07. The Morgan fingerprint density at radius 3 is 2.80 bits per heavy atom. The van der Waals surface area contributed by atoms with Gasteiger partial charge in [0.05, 0.1) is 19.9 Å². The number of para-hydroxylation sites is 2. The van der Waals surface area contributed by atoms with Crippen LogP contribution in [-0.4, -0.2) is 48.8 Å². The fourth-order valence-corrected chi connectivity index (χ4v) is 3.05. The van der Waals surface area contributed by atoms with E-state index in [1.165, 1.54) is 30.9 Å². The average molecular weight is 296 g/mol. The van der Waals surface area contributed by atoms with Crippen molar-refractivity contribution < 1.29 is 19.1 Å². The number of nitrogens with one attached hydrogen (secondary N) is 1. The molecule has 1 heterocycles. The first-order chi connectivity index (χ1) is 9.67. The summed E-state index contributed by atoms with van der Waals surface area (Å²) in [5.74, 6) is 0.865. The van der Waals surface area contributed by atoms with E-state index in [0.29, 0.717) is 23.7 Å². The van der Waals surface area contributed by atoms with Gasteiger partial charge in [-0.05, 0) is 12.1 Å². The van der Waals surface area contributed by atoms with E-state index < -0.39 is 11.3 Å². The van der Waals surface area contributed by atoms with Gasteiger partial charge in [-0.15, -0.1) is 11.8 Å². The van der Waals surface area contributed by atoms with Crippen molar-refractivity contribution in [1.82, 2.24) is 4.90 Å². The largest absolute Gasteiger partial charge is 0.495 e. The van der Waals surface area contributed by atoms with Crippen LogP contribution in [0.15, 0.2) is 24.3 Å². The van der Waals surface area contributed by atoms with Gasteiger partial charge in [0.25, 0.3) is 0 Å². The Bertz CT molecular complexity index is 509. The fraction of sp³-hybridized carbons (Fsp3) is 0.385. The maximum atomic E-state index is 12.3. The molecule has 7 heteroatoms. The van der Waals surface area contributed by atoms with Crippen molar-refractivity contribution in [2.45, 2.75) is 5.37 Å². The van der Waals surface area contributed by atoms with Crippen LogP contribution >= 0.6 is 11.8 Å². The van der Waals surface area contributed by atoms with Crippen molar-refractivity contribution in [2.24, 2.45) is 0 Å². The van der Waals surface area contributed by atoms with Gasteiger partial charge in [-0.3, -0.25) is 0 Å². The zero-order valence-corrected chi connectivity index (χ0v) is 12.1. The van der Waals surface area contributed by atoms with Crippen LogP contribution in [0.25, 0.3) is 0 Å². The third kappa shape index (κ3) is 2.98. The summed E-state index contributed by atoms with van der Waals surface area (Å²) in [5, 5.41) is 2.16. The number of esters is 1. The number of benzene rings is 1. The lowest BCUT2D eigenvalue weighted by Crippen LogP contribution is -2.42. The van der Waals surface area contributed by atoms with Crippen molar-refractivity contribution in [1.29, 1.82) is 0 Å². The first-order valence-corrected chi connectivity index (χ1v) is 7.12. The molecule has 0 aliphatic carbocycles. The summed E-state index contributed by atoms with van der Waals surface area (Å²) < 4.78 is 9.88. The number of hydrogen-bond acceptors (Lipinski definition) is 5. The number of carbonyl (C=O) groups is 2. The summed E-state index contributed by atoms with van der Waals surface area (Å²) in [7, 11) is 2.85. The number of methoxy groups -OCH3 is 2. The van der Waals surface area contributed by atoms with E-state index >= 15 is 0 Å². The lowest BCUT2D eigenvalue weighted by molar-refractivity contribution is -0.142. The van der Waals surface area contributed by atoms with Crippen LogP contribution in [0.5, 0.6) is 5.75 Å². The molecule has 2 rings (SSSR count). The molecule has 2 amide bonds. The number of nitrogens with zero attached hydrogens (tertiary/aromatic N) is 1. The van der Waals surface area contributed by atoms with Gasteiger partial charge >= 0.3 is 12.0 Å². The third-order valence-corrected chi connectivity index (χ3v) is 4.08. The molecule has 1 fully saturated rings. The van der Waals surface area contributed by atoms with E-state index in [9.17, 15) is 9.59 Å². The highest BCUT2D eigenvalue weighted by atomic mass is 32.2. The molecule has 1 aliphatic rings. The summed E-state index contributed by atoms with van der Waals surface area (Å²) in [5.41, 5.74) is 0.570. The quantitative estimate of drug-likeness (QED) is 0.861. The maximum absolute atomic E-state index is 12.3. The minimum Gasteiger partial charge on any atom is -0.495 e. The Morgan fingerprint density at radius 2 is 2.10 bits per heavy atom. The normalized spacial score (nSPS) is 17.7. The van der Waals surface area contributed by atoms with E-state index in [2.05, 4.69) is 5.32 Å². The second-order valence-electron chi connectivity index (χ2n) is 4.07. The van der Waals surface area contributed by atoms with Crippen molar-refractivity contribution in [3.8, 4) is 5.75 Å². The van der Waals surface area contributed by atoms with Crippen LogP contribution < -0.4 is 10.1 Å². The van der Waals surface area contributed by atoms with Gasteiger partial charge in [0, 0.05) is 12.3 Å². The minimum absolute atomic E-state index is 0.338. The number of urea groups is 1. The van der Waals surface area contributed by atoms with E-state index in [4.69, 9.17) is 9.47 Å². The second-order valence-corrected chi connectivity index (χ2v) is 5.26. The predicted molar refractivity (Wildman–Crippen MR) is 77.0 cm³/mol. The number of rotatable bonds is 3. The number of carbonyl (C=O) groups excluding carboxylic acids is 2. The third-order valence-electron chi connectivity index (χ3n) is 2.90. The molecule has 0 bridgehead atoms. The molecule has 0 spiro atoms. The molecule has 1 atom stereocenters. The number of thioether (sulfide) groups is 1. The average Bonchev–Trinajstić information content (AvgIpc) is 2.96. The Hall–Kier alpha value is -1.89. The number of ether oxygens (including phenoxy) is 2. The Morgan fingerprint density at radius 1 is 1.35 bits per heavy atom. The highest BCUT2D eigenvalue weighted by Gasteiger charge is 2.35. The molecule has 108 valence electrons. The van der Waals surface area contributed by atoms with Crippen LogP contribution in [0, 0.1) is 0 Å². The highest BCUT2D eigenvalue weighted by molar-refractivity contribution is 8.00. The molecular formula is C13H16N2O4S. The lowest BCUT2D eigenvalue weighted by Gasteiger charge is -2.22. The van der Waals surface area contributed by atoms with Gasteiger partial charge in [0.15, 0.2) is 5.37 Å². The second kappa shape index (κ2) is 6.51. The van der Waals surface area contributed by atoms with E-state index in [1.807, 2.05) is 6.07 Å². The molecule has 0 radical (unpaired) electrons.